The third-order valence-electron chi connectivity index (χ3n) is 5.52. The van der Waals surface area contributed by atoms with E-state index in [2.05, 4.69) is 10.6 Å². The van der Waals surface area contributed by atoms with E-state index in [-0.39, 0.29) is 36.2 Å². The number of esters is 1. The van der Waals surface area contributed by atoms with E-state index in [1.807, 2.05) is 19.9 Å². The van der Waals surface area contributed by atoms with Gasteiger partial charge in [-0.3, -0.25) is 9.59 Å². The van der Waals surface area contributed by atoms with Gasteiger partial charge in [0.15, 0.2) is 0 Å². The van der Waals surface area contributed by atoms with Crippen molar-refractivity contribution < 1.29 is 29.0 Å². The summed E-state index contributed by atoms with van der Waals surface area (Å²) in [7, 11) is 1.52. The number of phenols is 1. The number of phenolic OH excluding ortho intramolecular Hbond substituents is 1. The molecule has 8 nitrogen and oxygen atoms in total. The number of hydrogen-bond donors (Lipinski definition) is 3. The Kier molecular flexibility index (Phi) is 7.37. The minimum atomic E-state index is -0.533. The maximum atomic E-state index is 12.4. The first-order chi connectivity index (χ1) is 15.7. The number of hydrogen-bond acceptors (Lipinski definition) is 6. The number of cyclic esters (lactones) is 1. The fraction of sp³-hybridized carbons (Fsp3) is 0.320. The highest BCUT2D eigenvalue weighted by Crippen LogP contribution is 2.42. The van der Waals surface area contributed by atoms with Gasteiger partial charge in [-0.2, -0.15) is 0 Å². The summed E-state index contributed by atoms with van der Waals surface area (Å²) in [5.41, 5.74) is 4.32. The van der Waals surface area contributed by atoms with Crippen LogP contribution < -0.4 is 15.4 Å². The first kappa shape index (κ1) is 23.8. The molecular formula is C25H28N2O6. The molecule has 33 heavy (non-hydrogen) atoms. The van der Waals surface area contributed by atoms with Crippen LogP contribution >= 0.6 is 0 Å². The van der Waals surface area contributed by atoms with Crippen molar-refractivity contribution in [2.75, 3.05) is 17.7 Å². The predicted octanol–water partition coefficient (Wildman–Crippen LogP) is 4.25. The van der Waals surface area contributed by atoms with Crippen molar-refractivity contribution in [3.63, 3.8) is 0 Å². The first-order valence-electron chi connectivity index (χ1n) is 10.6. The van der Waals surface area contributed by atoms with Gasteiger partial charge in [0.2, 0.25) is 11.8 Å². The molecule has 8 heteroatoms. The van der Waals surface area contributed by atoms with Gasteiger partial charge in [-0.05, 0) is 50.5 Å². The van der Waals surface area contributed by atoms with Crippen LogP contribution in [0.4, 0.5) is 11.4 Å². The number of aromatic hydroxyl groups is 1. The van der Waals surface area contributed by atoms with E-state index >= 15 is 0 Å². The molecule has 0 aromatic heterocycles. The van der Waals surface area contributed by atoms with E-state index in [9.17, 15) is 19.5 Å². The average molecular weight is 453 g/mol. The molecule has 2 amide bonds. The molecule has 0 saturated heterocycles. The van der Waals surface area contributed by atoms with Gasteiger partial charge < -0.3 is 25.2 Å². The lowest BCUT2D eigenvalue weighted by molar-refractivity contribution is -0.116. The summed E-state index contributed by atoms with van der Waals surface area (Å²) in [5, 5.41) is 16.2. The van der Waals surface area contributed by atoms with Crippen LogP contribution in [0.25, 0.3) is 0 Å². The van der Waals surface area contributed by atoms with Gasteiger partial charge in [-0.1, -0.05) is 17.7 Å². The molecule has 0 aliphatic carbocycles. The topological polar surface area (TPSA) is 114 Å². The lowest BCUT2D eigenvalue weighted by Crippen LogP contribution is -2.12. The minimum Gasteiger partial charge on any atom is -0.507 e. The zero-order valence-electron chi connectivity index (χ0n) is 19.2. The number of carbonyl (C=O) groups excluding carboxylic acids is 3. The first-order valence-corrected chi connectivity index (χ1v) is 10.6. The third kappa shape index (κ3) is 5.52. The fourth-order valence-electron chi connectivity index (χ4n) is 3.82. The number of nitrogens with one attached hydrogen (secondary N) is 2. The van der Waals surface area contributed by atoms with Crippen molar-refractivity contribution in [2.24, 2.45) is 0 Å². The molecule has 3 N–H and O–H groups in total. The summed E-state index contributed by atoms with van der Waals surface area (Å²) in [5.74, 6) is -0.452. The van der Waals surface area contributed by atoms with E-state index in [0.29, 0.717) is 41.1 Å². The second-order valence-electron chi connectivity index (χ2n) is 7.98. The van der Waals surface area contributed by atoms with Crippen LogP contribution in [0.2, 0.25) is 0 Å². The zero-order valence-corrected chi connectivity index (χ0v) is 19.2. The van der Waals surface area contributed by atoms with Crippen molar-refractivity contribution in [3.05, 3.63) is 58.2 Å². The minimum absolute atomic E-state index is 0.115. The van der Waals surface area contributed by atoms with Gasteiger partial charge >= 0.3 is 5.97 Å². The smallest absolute Gasteiger partial charge is 0.342 e. The number of rotatable bonds is 8. The molecule has 0 atom stereocenters. The van der Waals surface area contributed by atoms with Crippen LogP contribution in [0.15, 0.2) is 35.9 Å². The molecule has 1 aliphatic rings. The fourth-order valence-corrected chi connectivity index (χ4v) is 3.82. The highest BCUT2D eigenvalue weighted by atomic mass is 16.5. The Morgan fingerprint density at radius 2 is 1.88 bits per heavy atom. The highest BCUT2D eigenvalue weighted by Gasteiger charge is 2.31. The molecule has 0 unspecified atom stereocenters. The zero-order chi connectivity index (χ0) is 24.1. The van der Waals surface area contributed by atoms with Gasteiger partial charge in [0, 0.05) is 35.8 Å². The molecule has 174 valence electrons. The summed E-state index contributed by atoms with van der Waals surface area (Å²) in [4.78, 5) is 35.6. The SMILES string of the molecule is COc1c(C)c2c(c(O)c1CC=C(C)CCC(=O)Nc1cccc(NC(C)=O)c1)C(=O)OC2. The van der Waals surface area contributed by atoms with Crippen LogP contribution in [-0.4, -0.2) is 30.0 Å². The Hall–Kier alpha value is -3.81. The molecule has 0 radical (unpaired) electrons. The molecule has 0 spiro atoms. The third-order valence-corrected chi connectivity index (χ3v) is 5.52. The normalized spacial score (nSPS) is 12.7. The van der Waals surface area contributed by atoms with Crippen molar-refractivity contribution >= 4 is 29.2 Å². The molecule has 2 aromatic rings. The van der Waals surface area contributed by atoms with E-state index in [1.165, 1.54) is 14.0 Å². The second kappa shape index (κ2) is 10.2. The van der Waals surface area contributed by atoms with Crippen molar-refractivity contribution in [1.82, 2.24) is 0 Å². The summed E-state index contributed by atoms with van der Waals surface area (Å²) in [6, 6.07) is 6.94. The summed E-state index contributed by atoms with van der Waals surface area (Å²) < 4.78 is 10.6. The van der Waals surface area contributed by atoms with E-state index in [4.69, 9.17) is 9.47 Å². The molecule has 1 heterocycles. The Bertz CT molecular complexity index is 1140. The lowest BCUT2D eigenvalue weighted by atomic mass is 9.94. The molecular weight excluding hydrogens is 424 g/mol. The number of methoxy groups -OCH3 is 1. The lowest BCUT2D eigenvalue weighted by Gasteiger charge is -2.15. The maximum absolute atomic E-state index is 12.4. The van der Waals surface area contributed by atoms with E-state index in [0.717, 1.165) is 11.1 Å². The van der Waals surface area contributed by atoms with Crippen molar-refractivity contribution in [3.8, 4) is 11.5 Å². The largest absolute Gasteiger partial charge is 0.507 e. The summed E-state index contributed by atoms with van der Waals surface area (Å²) in [6.45, 7) is 5.29. The average Bonchev–Trinajstić information content (AvgIpc) is 3.15. The summed E-state index contributed by atoms with van der Waals surface area (Å²) >= 11 is 0. The van der Waals surface area contributed by atoms with Gasteiger partial charge in [-0.15, -0.1) is 0 Å². The van der Waals surface area contributed by atoms with Gasteiger partial charge in [0.05, 0.1) is 7.11 Å². The standard InChI is InChI=1S/C25H28N2O6/c1-14(9-11-21(29)27-18-7-5-6-17(12-18)26-16(3)28)8-10-19-23(30)22-20(13-33-25(22)31)15(2)24(19)32-4/h5-8,12,30H,9-11,13H2,1-4H3,(H,26,28)(H,27,29). The highest BCUT2D eigenvalue weighted by molar-refractivity contribution is 5.98. The van der Waals surface area contributed by atoms with Gasteiger partial charge in [0.25, 0.3) is 0 Å². The molecule has 0 fully saturated rings. The van der Waals surface area contributed by atoms with E-state index in [1.54, 1.807) is 24.3 Å². The molecule has 3 rings (SSSR count). The van der Waals surface area contributed by atoms with Gasteiger partial charge in [0.1, 0.15) is 23.7 Å². The Morgan fingerprint density at radius 3 is 2.55 bits per heavy atom. The quantitative estimate of drug-likeness (QED) is 0.408. The number of carbonyl (C=O) groups is 3. The predicted molar refractivity (Wildman–Crippen MR) is 125 cm³/mol. The van der Waals surface area contributed by atoms with Gasteiger partial charge in [-0.25, -0.2) is 4.79 Å². The van der Waals surface area contributed by atoms with Crippen LogP contribution in [0, 0.1) is 6.92 Å². The van der Waals surface area contributed by atoms with Crippen LogP contribution in [0.3, 0.4) is 0 Å². The number of amides is 2. The monoisotopic (exact) mass is 452 g/mol. The Balaban J connectivity index is 1.64. The van der Waals surface area contributed by atoms with Crippen LogP contribution in [0.5, 0.6) is 11.5 Å². The molecule has 0 bridgehead atoms. The number of fused-ring (bicyclic) bond motifs is 1. The van der Waals surface area contributed by atoms with Crippen molar-refractivity contribution in [1.29, 1.82) is 0 Å². The van der Waals surface area contributed by atoms with Crippen LogP contribution in [0.1, 0.15) is 53.7 Å². The Labute approximate surface area is 192 Å². The number of benzene rings is 2. The number of ether oxygens (including phenoxy) is 2. The maximum Gasteiger partial charge on any atom is 0.342 e. The number of anilines is 2. The Morgan fingerprint density at radius 1 is 1.18 bits per heavy atom. The van der Waals surface area contributed by atoms with Crippen LogP contribution in [-0.2, 0) is 27.4 Å². The molecule has 2 aromatic carbocycles. The number of allylic oxidation sites excluding steroid dienone is 2. The van der Waals surface area contributed by atoms with E-state index < -0.39 is 5.97 Å². The molecule has 1 aliphatic heterocycles. The summed E-state index contributed by atoms with van der Waals surface area (Å²) in [6.07, 6.45) is 3.05. The van der Waals surface area contributed by atoms with Crippen molar-refractivity contribution in [2.45, 2.75) is 46.6 Å². The second-order valence-corrected chi connectivity index (χ2v) is 7.98. The molecule has 0 saturated carbocycles.